The predicted molar refractivity (Wildman–Crippen MR) is 29.7 cm³/mol. The molecule has 0 aliphatic carbocycles. The van der Waals surface area contributed by atoms with Crippen molar-refractivity contribution in [2.45, 2.75) is 0 Å². The number of nitrogens with zero attached hydrogens (tertiary/aromatic N) is 1. The fourth-order valence-corrected chi connectivity index (χ4v) is 0.346. The number of aliphatic hydroxyl groups is 1. The molecule has 5 heteroatoms. The molecule has 0 rings (SSSR count). The molecule has 0 heterocycles. The molecule has 50 valence electrons. The number of rotatable bonds is 2. The zero-order chi connectivity index (χ0) is 6.78. The maximum atomic E-state index is 10.4. The highest BCUT2D eigenvalue weighted by Crippen LogP contribution is 1.88. The maximum Gasteiger partial charge on any atom is 0.237 e. The average molecular weight is 139 g/mol. The topological polar surface area (TPSA) is 57.6 Å². The van der Waals surface area contributed by atoms with Crippen LogP contribution >= 0.6 is 0 Å². The molecule has 0 atom stereocenters. The molecular formula is C3H9NO3S. The summed E-state index contributed by atoms with van der Waals surface area (Å²) in [4.78, 5) is 0. The van der Waals surface area contributed by atoms with Gasteiger partial charge in [-0.3, -0.25) is 0 Å². The molecule has 0 aromatic heterocycles. The Labute approximate surface area is 48.8 Å². The Morgan fingerprint density at radius 3 is 1.88 bits per heavy atom. The van der Waals surface area contributed by atoms with Crippen LogP contribution in [0.1, 0.15) is 0 Å². The first-order chi connectivity index (χ1) is 3.50. The minimum absolute atomic E-state index is 0.819. The van der Waals surface area contributed by atoms with Gasteiger partial charge in [-0.2, -0.15) is 0 Å². The van der Waals surface area contributed by atoms with E-state index < -0.39 is 16.0 Å². The first-order valence-electron chi connectivity index (χ1n) is 2.02. The third-order valence-electron chi connectivity index (χ3n) is 0.719. The molecule has 0 saturated carbocycles. The molecule has 0 aliphatic rings. The van der Waals surface area contributed by atoms with Crippen LogP contribution in [0.25, 0.3) is 0 Å². The summed E-state index contributed by atoms with van der Waals surface area (Å²) < 4.78 is 21.7. The molecule has 0 unspecified atom stereocenters. The largest absolute Gasteiger partial charge is 0.379 e. The first-order valence-corrected chi connectivity index (χ1v) is 3.62. The lowest BCUT2D eigenvalue weighted by Gasteiger charge is -2.06. The van der Waals surface area contributed by atoms with Crippen molar-refractivity contribution in [2.24, 2.45) is 0 Å². The van der Waals surface area contributed by atoms with Gasteiger partial charge in [-0.1, -0.05) is 0 Å². The molecule has 0 spiro atoms. The third kappa shape index (κ3) is 1.77. The quantitative estimate of drug-likeness (QED) is 0.524. The van der Waals surface area contributed by atoms with E-state index in [9.17, 15) is 8.42 Å². The molecular weight excluding hydrogens is 130 g/mol. The van der Waals surface area contributed by atoms with Crippen molar-refractivity contribution in [1.29, 1.82) is 0 Å². The Bertz CT molecular complexity index is 148. The van der Waals surface area contributed by atoms with E-state index in [0.29, 0.717) is 0 Å². The van der Waals surface area contributed by atoms with Crippen LogP contribution in [0.15, 0.2) is 0 Å². The number of hydrogen-bond acceptors (Lipinski definition) is 3. The minimum Gasteiger partial charge on any atom is -0.379 e. The molecule has 0 aromatic rings. The van der Waals surface area contributed by atoms with Gasteiger partial charge in [0.05, 0.1) is 0 Å². The second-order valence-corrected chi connectivity index (χ2v) is 3.68. The van der Waals surface area contributed by atoms with Crippen molar-refractivity contribution in [3.8, 4) is 0 Å². The SMILES string of the molecule is CN(C)S(=O)(=O)CO. The number of hydrogen-bond donors (Lipinski definition) is 1. The fraction of sp³-hybridized carbons (Fsp3) is 1.00. The molecule has 0 amide bonds. The summed E-state index contributed by atoms with van der Waals surface area (Å²) in [5, 5.41) is 8.13. The van der Waals surface area contributed by atoms with E-state index in [-0.39, 0.29) is 0 Å². The Morgan fingerprint density at radius 1 is 1.50 bits per heavy atom. The second kappa shape index (κ2) is 2.43. The van der Waals surface area contributed by atoms with Gasteiger partial charge < -0.3 is 5.11 Å². The van der Waals surface area contributed by atoms with Crippen molar-refractivity contribution in [2.75, 3.05) is 20.0 Å². The smallest absolute Gasteiger partial charge is 0.237 e. The monoisotopic (exact) mass is 139 g/mol. The van der Waals surface area contributed by atoms with Crippen LogP contribution < -0.4 is 0 Å². The van der Waals surface area contributed by atoms with Gasteiger partial charge in [0.15, 0.2) is 5.94 Å². The Balaban J connectivity index is 4.17. The summed E-state index contributed by atoms with van der Waals surface area (Å²) in [5.41, 5.74) is 0. The van der Waals surface area contributed by atoms with E-state index in [0.717, 1.165) is 4.31 Å². The van der Waals surface area contributed by atoms with Gasteiger partial charge in [-0.05, 0) is 0 Å². The highest BCUT2D eigenvalue weighted by Gasteiger charge is 2.09. The summed E-state index contributed by atoms with van der Waals surface area (Å²) in [6, 6.07) is 0. The molecule has 0 bridgehead atoms. The zero-order valence-electron chi connectivity index (χ0n) is 4.83. The van der Waals surface area contributed by atoms with E-state index in [4.69, 9.17) is 5.11 Å². The van der Waals surface area contributed by atoms with Gasteiger partial charge in [0.25, 0.3) is 0 Å². The summed E-state index contributed by atoms with van der Waals surface area (Å²) >= 11 is 0. The minimum atomic E-state index is -3.35. The second-order valence-electron chi connectivity index (χ2n) is 1.52. The molecule has 0 aliphatic heterocycles. The van der Waals surface area contributed by atoms with Gasteiger partial charge in [-0.15, -0.1) is 0 Å². The van der Waals surface area contributed by atoms with Crippen LogP contribution in [0.4, 0.5) is 0 Å². The van der Waals surface area contributed by atoms with Crippen LogP contribution in [0, 0.1) is 0 Å². The highest BCUT2D eigenvalue weighted by molar-refractivity contribution is 7.88. The lowest BCUT2D eigenvalue weighted by molar-refractivity contribution is 0.346. The van der Waals surface area contributed by atoms with Gasteiger partial charge in [-0.25, -0.2) is 12.7 Å². The van der Waals surface area contributed by atoms with Crippen molar-refractivity contribution in [3.63, 3.8) is 0 Å². The Hall–Kier alpha value is -0.130. The lowest BCUT2D eigenvalue weighted by atomic mass is 11.3. The van der Waals surface area contributed by atoms with E-state index in [1.54, 1.807) is 0 Å². The Kier molecular flexibility index (Phi) is 2.39. The molecule has 4 nitrogen and oxygen atoms in total. The van der Waals surface area contributed by atoms with E-state index in [1.165, 1.54) is 14.1 Å². The maximum absolute atomic E-state index is 10.4. The lowest BCUT2D eigenvalue weighted by Crippen LogP contribution is -2.24. The number of sulfonamides is 1. The summed E-state index contributed by atoms with van der Waals surface area (Å²) in [6.07, 6.45) is 0. The van der Waals surface area contributed by atoms with Crippen LogP contribution in [-0.4, -0.2) is 37.9 Å². The number of aliphatic hydroxyl groups excluding tert-OH is 1. The van der Waals surface area contributed by atoms with Gasteiger partial charge >= 0.3 is 0 Å². The molecule has 0 saturated heterocycles. The standard InChI is InChI=1S/C3H9NO3S/c1-4(2)8(6,7)3-5/h5H,3H2,1-2H3. The molecule has 1 N–H and O–H groups in total. The van der Waals surface area contributed by atoms with E-state index in [2.05, 4.69) is 0 Å². The molecule has 0 fully saturated rings. The van der Waals surface area contributed by atoms with Gasteiger partial charge in [0.2, 0.25) is 10.0 Å². The fourth-order valence-electron chi connectivity index (χ4n) is 0.115. The highest BCUT2D eigenvalue weighted by atomic mass is 32.2. The van der Waals surface area contributed by atoms with Crippen LogP contribution in [-0.2, 0) is 10.0 Å². The summed E-state index contributed by atoms with van der Waals surface area (Å²) in [5.74, 6) is -0.819. The van der Waals surface area contributed by atoms with E-state index >= 15 is 0 Å². The summed E-state index contributed by atoms with van der Waals surface area (Å²) in [7, 11) is -0.614. The molecule has 8 heavy (non-hydrogen) atoms. The van der Waals surface area contributed by atoms with Gasteiger partial charge in [0, 0.05) is 14.1 Å². The summed E-state index contributed by atoms with van der Waals surface area (Å²) in [6.45, 7) is 0. The Morgan fingerprint density at radius 2 is 1.88 bits per heavy atom. The van der Waals surface area contributed by atoms with Crippen LogP contribution in [0.5, 0.6) is 0 Å². The molecule has 0 aromatic carbocycles. The predicted octanol–water partition coefficient (Wildman–Crippen LogP) is -1.17. The third-order valence-corrected chi connectivity index (χ3v) is 2.16. The van der Waals surface area contributed by atoms with Gasteiger partial charge in [0.1, 0.15) is 0 Å². The van der Waals surface area contributed by atoms with Crippen molar-refractivity contribution < 1.29 is 13.5 Å². The van der Waals surface area contributed by atoms with Crippen molar-refractivity contribution in [3.05, 3.63) is 0 Å². The zero-order valence-corrected chi connectivity index (χ0v) is 5.64. The first kappa shape index (κ1) is 7.87. The van der Waals surface area contributed by atoms with Crippen molar-refractivity contribution >= 4 is 10.0 Å². The van der Waals surface area contributed by atoms with Crippen molar-refractivity contribution in [1.82, 2.24) is 4.31 Å². The normalized spacial score (nSPS) is 12.5. The van der Waals surface area contributed by atoms with E-state index in [1.807, 2.05) is 0 Å². The average Bonchev–Trinajstić information content (AvgIpc) is 1.67. The molecule has 0 radical (unpaired) electrons. The van der Waals surface area contributed by atoms with Crippen LogP contribution in [0.2, 0.25) is 0 Å². The van der Waals surface area contributed by atoms with Crippen LogP contribution in [0.3, 0.4) is 0 Å².